The Morgan fingerprint density at radius 3 is 2.68 bits per heavy atom. The summed E-state index contributed by atoms with van der Waals surface area (Å²) in [5, 5.41) is 12.7. The number of pyridine rings is 1. The van der Waals surface area contributed by atoms with Crippen LogP contribution in [-0.2, 0) is 6.42 Å². The number of hydrogen-bond donors (Lipinski definition) is 2. The van der Waals surface area contributed by atoms with Crippen LogP contribution in [0.4, 0.5) is 11.5 Å². The Balaban J connectivity index is 1.96. The fourth-order valence-electron chi connectivity index (χ4n) is 1.69. The molecule has 5 heteroatoms. The van der Waals surface area contributed by atoms with Crippen LogP contribution in [0.2, 0.25) is 5.02 Å². The van der Waals surface area contributed by atoms with E-state index in [-0.39, 0.29) is 0 Å². The largest absolute Gasteiger partial charge is 0.395 e. The van der Waals surface area contributed by atoms with Crippen molar-refractivity contribution in [1.29, 1.82) is 5.26 Å². The van der Waals surface area contributed by atoms with Gasteiger partial charge in [-0.15, -0.1) is 0 Å². The molecule has 0 bridgehead atoms. The van der Waals surface area contributed by atoms with Crippen molar-refractivity contribution in [2.24, 2.45) is 0 Å². The summed E-state index contributed by atoms with van der Waals surface area (Å²) in [4.78, 5) is 4.12. The molecule has 2 aromatic rings. The molecule has 0 spiro atoms. The zero-order chi connectivity index (χ0) is 13.7. The summed E-state index contributed by atoms with van der Waals surface area (Å²) in [6, 6.07) is 11.3. The predicted octanol–water partition coefficient (Wildman–Crippen LogP) is 2.84. The monoisotopic (exact) mass is 272 g/mol. The van der Waals surface area contributed by atoms with Crippen molar-refractivity contribution in [2.45, 2.75) is 6.42 Å². The van der Waals surface area contributed by atoms with Gasteiger partial charge in [-0.2, -0.15) is 5.26 Å². The number of aromatic nitrogens is 1. The summed E-state index contributed by atoms with van der Waals surface area (Å²) in [6.07, 6.45) is 2.40. The number of nitrogens with one attached hydrogen (secondary N) is 1. The Morgan fingerprint density at radius 2 is 2.00 bits per heavy atom. The van der Waals surface area contributed by atoms with Crippen LogP contribution in [0, 0.1) is 11.3 Å². The second-order valence-corrected chi connectivity index (χ2v) is 4.47. The van der Waals surface area contributed by atoms with Gasteiger partial charge in [-0.3, -0.25) is 0 Å². The minimum absolute atomic E-state index is 0.390. The number of benzene rings is 1. The highest BCUT2D eigenvalue weighted by molar-refractivity contribution is 6.30. The minimum atomic E-state index is 0.390. The van der Waals surface area contributed by atoms with Gasteiger partial charge in [0, 0.05) is 17.8 Å². The van der Waals surface area contributed by atoms with Crippen LogP contribution in [0.25, 0.3) is 0 Å². The summed E-state index contributed by atoms with van der Waals surface area (Å²) < 4.78 is 0. The van der Waals surface area contributed by atoms with E-state index in [1.165, 1.54) is 5.56 Å². The maximum atomic E-state index is 8.87. The van der Waals surface area contributed by atoms with Crippen molar-refractivity contribution in [3.05, 3.63) is 52.7 Å². The van der Waals surface area contributed by atoms with Crippen LogP contribution < -0.4 is 11.1 Å². The van der Waals surface area contributed by atoms with E-state index in [2.05, 4.69) is 10.3 Å². The first kappa shape index (κ1) is 13.2. The van der Waals surface area contributed by atoms with Gasteiger partial charge >= 0.3 is 0 Å². The fourth-order valence-corrected chi connectivity index (χ4v) is 1.81. The van der Waals surface area contributed by atoms with E-state index >= 15 is 0 Å². The second-order valence-electron chi connectivity index (χ2n) is 4.04. The molecule has 0 amide bonds. The molecule has 1 aromatic carbocycles. The fraction of sp³-hybridized carbons (Fsp3) is 0.143. The highest BCUT2D eigenvalue weighted by atomic mass is 35.5. The summed E-state index contributed by atoms with van der Waals surface area (Å²) >= 11 is 5.82. The van der Waals surface area contributed by atoms with E-state index in [4.69, 9.17) is 22.6 Å². The topological polar surface area (TPSA) is 74.7 Å². The molecule has 0 aliphatic carbocycles. The molecule has 0 fully saturated rings. The smallest absolute Gasteiger partial charge is 0.150 e. The van der Waals surface area contributed by atoms with Crippen LogP contribution in [0.3, 0.4) is 0 Å². The average Bonchev–Trinajstić information content (AvgIpc) is 2.43. The van der Waals surface area contributed by atoms with Gasteiger partial charge in [0.25, 0.3) is 0 Å². The lowest BCUT2D eigenvalue weighted by Gasteiger charge is -2.09. The molecule has 19 heavy (non-hydrogen) atoms. The van der Waals surface area contributed by atoms with Gasteiger partial charge in [0.15, 0.2) is 5.82 Å². The predicted molar refractivity (Wildman–Crippen MR) is 77.0 cm³/mol. The molecule has 0 unspecified atom stereocenters. The van der Waals surface area contributed by atoms with Gasteiger partial charge in [0.1, 0.15) is 6.07 Å². The van der Waals surface area contributed by atoms with E-state index in [1.54, 1.807) is 12.3 Å². The van der Waals surface area contributed by atoms with Gasteiger partial charge < -0.3 is 11.1 Å². The van der Waals surface area contributed by atoms with Crippen molar-refractivity contribution in [2.75, 3.05) is 17.6 Å². The number of halogens is 1. The quantitative estimate of drug-likeness (QED) is 0.897. The summed E-state index contributed by atoms with van der Waals surface area (Å²) in [6.45, 7) is 0.688. The average molecular weight is 273 g/mol. The Hall–Kier alpha value is -2.25. The van der Waals surface area contributed by atoms with Crippen LogP contribution >= 0.6 is 11.6 Å². The van der Waals surface area contributed by atoms with Crippen LogP contribution in [0.15, 0.2) is 36.5 Å². The Labute approximate surface area is 116 Å². The molecule has 2 rings (SSSR count). The molecule has 1 aromatic heterocycles. The van der Waals surface area contributed by atoms with Gasteiger partial charge in [-0.25, -0.2) is 4.98 Å². The van der Waals surface area contributed by atoms with Crippen molar-refractivity contribution in [1.82, 2.24) is 4.98 Å². The highest BCUT2D eigenvalue weighted by Gasteiger charge is 2.04. The summed E-state index contributed by atoms with van der Waals surface area (Å²) in [5.74, 6) is 0.549. The third-order valence-corrected chi connectivity index (χ3v) is 2.98. The molecular weight excluding hydrogens is 260 g/mol. The molecule has 96 valence electrons. The molecular formula is C14H13ClN4. The SMILES string of the molecule is N#Cc1ccnc(NCCc2ccc(Cl)cc2)c1N. The van der Waals surface area contributed by atoms with Crippen molar-refractivity contribution in [3.63, 3.8) is 0 Å². The lowest BCUT2D eigenvalue weighted by Crippen LogP contribution is -2.09. The van der Waals surface area contributed by atoms with Gasteiger partial charge in [0.2, 0.25) is 0 Å². The van der Waals surface area contributed by atoms with E-state index in [0.29, 0.717) is 23.6 Å². The lowest BCUT2D eigenvalue weighted by atomic mass is 10.1. The highest BCUT2D eigenvalue weighted by Crippen LogP contribution is 2.19. The van der Waals surface area contributed by atoms with Crippen LogP contribution in [0.5, 0.6) is 0 Å². The first-order chi connectivity index (χ1) is 9.20. The Kier molecular flexibility index (Phi) is 4.22. The molecule has 0 saturated carbocycles. The summed E-state index contributed by atoms with van der Waals surface area (Å²) in [5.41, 5.74) is 7.83. The number of hydrogen-bond acceptors (Lipinski definition) is 4. The first-order valence-corrected chi connectivity index (χ1v) is 6.21. The van der Waals surface area contributed by atoms with Crippen molar-refractivity contribution >= 4 is 23.1 Å². The van der Waals surface area contributed by atoms with E-state index in [9.17, 15) is 0 Å². The Bertz CT molecular complexity index is 602. The number of nitrogens with two attached hydrogens (primary N) is 1. The van der Waals surface area contributed by atoms with Crippen LogP contribution in [0.1, 0.15) is 11.1 Å². The molecule has 0 aliphatic heterocycles. The standard InChI is InChI=1S/C14H13ClN4/c15-12-3-1-10(2-4-12)5-7-18-14-13(17)11(9-16)6-8-19-14/h1-4,6,8H,5,7,17H2,(H,18,19). The minimum Gasteiger partial charge on any atom is -0.395 e. The molecule has 0 aliphatic rings. The molecule has 4 nitrogen and oxygen atoms in total. The molecule has 0 saturated heterocycles. The molecule has 0 radical (unpaired) electrons. The number of nitrogen functional groups attached to an aromatic ring is 1. The molecule has 3 N–H and O–H groups in total. The first-order valence-electron chi connectivity index (χ1n) is 5.83. The van der Waals surface area contributed by atoms with Gasteiger partial charge in [-0.05, 0) is 30.2 Å². The number of anilines is 2. The zero-order valence-electron chi connectivity index (χ0n) is 10.2. The zero-order valence-corrected chi connectivity index (χ0v) is 11.0. The van der Waals surface area contributed by atoms with E-state index < -0.39 is 0 Å². The lowest BCUT2D eigenvalue weighted by molar-refractivity contribution is 1.01. The second kappa shape index (κ2) is 6.07. The molecule has 1 heterocycles. The van der Waals surface area contributed by atoms with Crippen molar-refractivity contribution < 1.29 is 0 Å². The number of rotatable bonds is 4. The Morgan fingerprint density at radius 1 is 1.26 bits per heavy atom. The van der Waals surface area contributed by atoms with Gasteiger partial charge in [0.05, 0.1) is 11.3 Å². The van der Waals surface area contributed by atoms with Crippen molar-refractivity contribution in [3.8, 4) is 6.07 Å². The number of nitrogens with zero attached hydrogens (tertiary/aromatic N) is 2. The number of nitriles is 1. The maximum Gasteiger partial charge on any atom is 0.150 e. The van der Waals surface area contributed by atoms with Gasteiger partial charge in [-0.1, -0.05) is 23.7 Å². The van der Waals surface area contributed by atoms with Crippen LogP contribution in [-0.4, -0.2) is 11.5 Å². The normalized spacial score (nSPS) is 9.89. The molecule has 0 atom stereocenters. The third-order valence-electron chi connectivity index (χ3n) is 2.73. The van der Waals surface area contributed by atoms with E-state index in [1.807, 2.05) is 30.3 Å². The van der Waals surface area contributed by atoms with E-state index in [0.717, 1.165) is 11.4 Å². The maximum absolute atomic E-state index is 8.87. The third kappa shape index (κ3) is 3.36. The summed E-state index contributed by atoms with van der Waals surface area (Å²) in [7, 11) is 0.